The molecule has 154 valence electrons. The molecular weight excluding hydrogens is 392 g/mol. The molecule has 0 aromatic heterocycles. The zero-order chi connectivity index (χ0) is 21.2. The Morgan fingerprint density at radius 1 is 0.931 bits per heavy atom. The van der Waals surface area contributed by atoms with Gasteiger partial charge in [-0.25, -0.2) is 8.42 Å². The van der Waals surface area contributed by atoms with Crippen molar-refractivity contribution in [3.8, 4) is 0 Å². The SMILES string of the molecule is CC(=O)c1ccc(NC(=O)c2ccc(S(=O)(=O)N3C[C@@H](C)O[C@H](C)C3)cc2)cc1. The lowest BCUT2D eigenvalue weighted by atomic mass is 10.1. The third kappa shape index (κ3) is 4.90. The fraction of sp³-hybridized carbons (Fsp3) is 0.333. The first-order valence-corrected chi connectivity index (χ1v) is 10.8. The van der Waals surface area contributed by atoms with E-state index in [4.69, 9.17) is 4.74 Å². The normalized spacial score (nSPS) is 20.2. The second-order valence-corrected chi connectivity index (χ2v) is 9.13. The number of sulfonamides is 1. The molecule has 0 saturated carbocycles. The smallest absolute Gasteiger partial charge is 0.255 e. The van der Waals surface area contributed by atoms with Crippen LogP contribution in [-0.2, 0) is 14.8 Å². The number of amides is 1. The largest absolute Gasteiger partial charge is 0.373 e. The number of anilines is 1. The number of ketones is 1. The molecule has 1 saturated heterocycles. The van der Waals surface area contributed by atoms with E-state index in [2.05, 4.69) is 5.32 Å². The molecule has 1 heterocycles. The van der Waals surface area contributed by atoms with Gasteiger partial charge in [-0.15, -0.1) is 0 Å². The van der Waals surface area contributed by atoms with Crippen LogP contribution in [0.3, 0.4) is 0 Å². The van der Waals surface area contributed by atoms with Gasteiger partial charge in [0, 0.05) is 29.9 Å². The maximum Gasteiger partial charge on any atom is 0.255 e. The zero-order valence-electron chi connectivity index (χ0n) is 16.6. The molecule has 1 aliphatic heterocycles. The molecule has 0 unspecified atom stereocenters. The average molecular weight is 416 g/mol. The summed E-state index contributed by atoms with van der Waals surface area (Å²) >= 11 is 0. The Hall–Kier alpha value is -2.55. The van der Waals surface area contributed by atoms with Crippen molar-refractivity contribution < 1.29 is 22.7 Å². The maximum atomic E-state index is 12.9. The van der Waals surface area contributed by atoms with E-state index in [1.165, 1.54) is 35.5 Å². The van der Waals surface area contributed by atoms with Crippen molar-refractivity contribution in [2.24, 2.45) is 0 Å². The van der Waals surface area contributed by atoms with Crippen LogP contribution in [0.15, 0.2) is 53.4 Å². The van der Waals surface area contributed by atoms with Gasteiger partial charge >= 0.3 is 0 Å². The number of benzene rings is 2. The van der Waals surface area contributed by atoms with Crippen LogP contribution >= 0.6 is 0 Å². The van der Waals surface area contributed by atoms with E-state index in [0.717, 1.165) is 0 Å². The Labute approximate surface area is 170 Å². The molecule has 29 heavy (non-hydrogen) atoms. The molecule has 0 bridgehead atoms. The predicted molar refractivity (Wildman–Crippen MR) is 110 cm³/mol. The van der Waals surface area contributed by atoms with Crippen LogP contribution in [0, 0.1) is 0 Å². The number of nitrogens with one attached hydrogen (secondary N) is 1. The van der Waals surface area contributed by atoms with Gasteiger partial charge in [-0.05, 0) is 69.3 Å². The van der Waals surface area contributed by atoms with E-state index >= 15 is 0 Å². The molecule has 7 nitrogen and oxygen atoms in total. The molecule has 1 fully saturated rings. The minimum absolute atomic E-state index is 0.0521. The number of carbonyl (C=O) groups excluding carboxylic acids is 2. The monoisotopic (exact) mass is 416 g/mol. The third-order valence-corrected chi connectivity index (χ3v) is 6.54. The first kappa shape index (κ1) is 21.2. The molecule has 0 spiro atoms. The molecule has 2 atom stereocenters. The molecule has 1 N–H and O–H groups in total. The third-order valence-electron chi connectivity index (χ3n) is 4.69. The van der Waals surface area contributed by atoms with Gasteiger partial charge in [0.1, 0.15) is 0 Å². The highest BCUT2D eigenvalue weighted by atomic mass is 32.2. The van der Waals surface area contributed by atoms with Crippen molar-refractivity contribution in [1.29, 1.82) is 0 Å². The first-order chi connectivity index (χ1) is 13.7. The van der Waals surface area contributed by atoms with E-state index in [1.54, 1.807) is 24.3 Å². The summed E-state index contributed by atoms with van der Waals surface area (Å²) in [6.45, 7) is 5.75. The van der Waals surface area contributed by atoms with Crippen molar-refractivity contribution in [2.75, 3.05) is 18.4 Å². The van der Waals surface area contributed by atoms with Gasteiger partial charge in [0.2, 0.25) is 10.0 Å². The number of nitrogens with zero attached hydrogens (tertiary/aromatic N) is 1. The van der Waals surface area contributed by atoms with Crippen molar-refractivity contribution in [3.05, 3.63) is 59.7 Å². The molecule has 2 aromatic rings. The van der Waals surface area contributed by atoms with Crippen LogP contribution in [0.25, 0.3) is 0 Å². The lowest BCUT2D eigenvalue weighted by Crippen LogP contribution is -2.48. The summed E-state index contributed by atoms with van der Waals surface area (Å²) in [5.74, 6) is -0.415. The fourth-order valence-electron chi connectivity index (χ4n) is 3.25. The van der Waals surface area contributed by atoms with E-state index < -0.39 is 10.0 Å². The number of rotatable bonds is 5. The molecule has 0 aliphatic carbocycles. The zero-order valence-corrected chi connectivity index (χ0v) is 17.4. The van der Waals surface area contributed by atoms with E-state index in [9.17, 15) is 18.0 Å². The summed E-state index contributed by atoms with van der Waals surface area (Å²) < 4.78 is 32.8. The molecule has 0 radical (unpaired) electrons. The van der Waals surface area contributed by atoms with Crippen molar-refractivity contribution in [3.63, 3.8) is 0 Å². The molecule has 1 aliphatic rings. The summed E-state index contributed by atoms with van der Waals surface area (Å²) in [5, 5.41) is 2.73. The van der Waals surface area contributed by atoms with Crippen molar-refractivity contribution in [1.82, 2.24) is 4.31 Å². The first-order valence-electron chi connectivity index (χ1n) is 9.35. The van der Waals surface area contributed by atoms with Gasteiger partial charge in [0.15, 0.2) is 5.78 Å². The van der Waals surface area contributed by atoms with Gasteiger partial charge < -0.3 is 10.1 Å². The van der Waals surface area contributed by atoms with Crippen molar-refractivity contribution >= 4 is 27.4 Å². The Kier molecular flexibility index (Phi) is 6.16. The lowest BCUT2D eigenvalue weighted by Gasteiger charge is -2.34. The van der Waals surface area contributed by atoms with Gasteiger partial charge in [0.05, 0.1) is 17.1 Å². The number of Topliss-reactive ketones (excluding diaryl/α,β-unsaturated/α-hetero) is 1. The van der Waals surface area contributed by atoms with E-state index in [-0.39, 0.29) is 28.8 Å². The second-order valence-electron chi connectivity index (χ2n) is 7.19. The highest BCUT2D eigenvalue weighted by molar-refractivity contribution is 7.89. The van der Waals surface area contributed by atoms with E-state index in [0.29, 0.717) is 29.9 Å². The molecular formula is C21H24N2O5S. The Bertz CT molecular complexity index is 990. The molecule has 2 aromatic carbocycles. The topological polar surface area (TPSA) is 92.8 Å². The summed E-state index contributed by atoms with van der Waals surface area (Å²) in [4.78, 5) is 23.9. The maximum absolute atomic E-state index is 12.9. The van der Waals surface area contributed by atoms with Gasteiger partial charge in [0.25, 0.3) is 5.91 Å². The van der Waals surface area contributed by atoms with Crippen LogP contribution in [0.2, 0.25) is 0 Å². The number of hydrogen-bond acceptors (Lipinski definition) is 5. The average Bonchev–Trinajstić information content (AvgIpc) is 2.67. The highest BCUT2D eigenvalue weighted by Gasteiger charge is 2.32. The van der Waals surface area contributed by atoms with Gasteiger partial charge in [-0.3, -0.25) is 9.59 Å². The lowest BCUT2D eigenvalue weighted by molar-refractivity contribution is -0.0440. The number of hydrogen-bond donors (Lipinski definition) is 1. The predicted octanol–water partition coefficient (Wildman–Crippen LogP) is 2.94. The van der Waals surface area contributed by atoms with Crippen LogP contribution in [-0.4, -0.2) is 49.7 Å². The number of ether oxygens (including phenoxy) is 1. The molecule has 3 rings (SSSR count). The molecule has 1 amide bonds. The van der Waals surface area contributed by atoms with Crippen molar-refractivity contribution in [2.45, 2.75) is 37.9 Å². The van der Waals surface area contributed by atoms with Crippen LogP contribution in [0.4, 0.5) is 5.69 Å². The van der Waals surface area contributed by atoms with E-state index in [1.807, 2.05) is 13.8 Å². The summed E-state index contributed by atoms with van der Waals surface area (Å²) in [6, 6.07) is 12.4. The Morgan fingerprint density at radius 2 is 1.45 bits per heavy atom. The van der Waals surface area contributed by atoms with Crippen LogP contribution in [0.1, 0.15) is 41.5 Å². The fourth-order valence-corrected chi connectivity index (χ4v) is 4.84. The van der Waals surface area contributed by atoms with Gasteiger partial charge in [-0.1, -0.05) is 0 Å². The summed E-state index contributed by atoms with van der Waals surface area (Å²) in [5.41, 5.74) is 1.45. The van der Waals surface area contributed by atoms with Crippen LogP contribution < -0.4 is 5.32 Å². The number of carbonyl (C=O) groups is 2. The quantitative estimate of drug-likeness (QED) is 0.757. The Morgan fingerprint density at radius 3 is 1.97 bits per heavy atom. The molecule has 8 heteroatoms. The summed E-state index contributed by atoms with van der Waals surface area (Å²) in [7, 11) is -3.65. The minimum Gasteiger partial charge on any atom is -0.373 e. The Balaban J connectivity index is 1.72. The van der Waals surface area contributed by atoms with Crippen LogP contribution in [0.5, 0.6) is 0 Å². The second kappa shape index (κ2) is 8.44. The number of morpholine rings is 1. The van der Waals surface area contributed by atoms with Gasteiger partial charge in [-0.2, -0.15) is 4.31 Å². The minimum atomic E-state index is -3.65. The highest BCUT2D eigenvalue weighted by Crippen LogP contribution is 2.22. The summed E-state index contributed by atoms with van der Waals surface area (Å²) in [6.07, 6.45) is -0.346. The standard InChI is InChI=1S/C21H24N2O5S/c1-14-12-23(13-15(2)28-14)29(26,27)20-10-6-18(7-11-20)21(25)22-19-8-4-17(5-9-19)16(3)24/h4-11,14-15H,12-13H2,1-3H3,(H,22,25)/t14-,15-/m1/s1.